The van der Waals surface area contributed by atoms with Crippen LogP contribution in [0, 0.1) is 0 Å². The molecule has 0 aliphatic heterocycles. The molecule has 3 rings (SSSR count). The lowest BCUT2D eigenvalue weighted by molar-refractivity contribution is -0.163. The van der Waals surface area contributed by atoms with Gasteiger partial charge < -0.3 is 24.6 Å². The molecular formula is C28H34N2O8S. The number of fused-ring (bicyclic) bond motifs is 1. The molecule has 11 heteroatoms. The maximum atomic E-state index is 13.5. The number of hydrogen-bond acceptors (Lipinski definition) is 8. The summed E-state index contributed by atoms with van der Waals surface area (Å²) in [6.45, 7) is 4.92. The minimum Gasteiger partial charge on any atom is -0.508 e. The SMILES string of the molecule is CNC(=O)C(OC)C(NS(=O)(=O)c1ccccc1OCCc1c(O)ccc2ccccc12)C(=O)OC(C)(C)C. The number of phenolic OH excluding ortho intramolecular Hbond substituents is 1. The number of aromatic hydroxyl groups is 1. The largest absolute Gasteiger partial charge is 0.508 e. The van der Waals surface area contributed by atoms with Crippen LogP contribution in [-0.2, 0) is 35.5 Å². The van der Waals surface area contributed by atoms with E-state index in [0.717, 1.165) is 10.8 Å². The summed E-state index contributed by atoms with van der Waals surface area (Å²) in [5.41, 5.74) is -0.277. The standard InChI is InChI=1S/C28H34N2O8S/c1-28(2,3)38-27(33)24(25(36-5)26(32)29-4)30-39(34,35)23-13-9-8-12-22(23)37-17-16-20-19-11-7-6-10-18(19)14-15-21(20)31/h6-15,24-25,30-31H,16-17H2,1-5H3,(H,29,32). The first-order valence-corrected chi connectivity index (χ1v) is 13.8. The Bertz CT molecular complexity index is 1430. The molecule has 3 aromatic rings. The normalized spacial score (nSPS) is 13.5. The maximum absolute atomic E-state index is 13.5. The van der Waals surface area contributed by atoms with Gasteiger partial charge in [-0.2, -0.15) is 4.72 Å². The predicted octanol–water partition coefficient (Wildman–Crippen LogP) is 2.92. The molecule has 0 fully saturated rings. The lowest BCUT2D eigenvalue weighted by atomic mass is 10.0. The highest BCUT2D eigenvalue weighted by Gasteiger charge is 2.40. The third-order valence-corrected chi connectivity index (χ3v) is 7.25. The number of sulfonamides is 1. The zero-order valence-corrected chi connectivity index (χ0v) is 23.4. The van der Waals surface area contributed by atoms with Gasteiger partial charge in [-0.15, -0.1) is 0 Å². The lowest BCUT2D eigenvalue weighted by Crippen LogP contribution is -2.56. The van der Waals surface area contributed by atoms with Gasteiger partial charge in [0.25, 0.3) is 5.91 Å². The highest BCUT2D eigenvalue weighted by molar-refractivity contribution is 7.89. The van der Waals surface area contributed by atoms with Crippen LogP contribution in [0.5, 0.6) is 11.5 Å². The Balaban J connectivity index is 1.87. The lowest BCUT2D eigenvalue weighted by Gasteiger charge is -2.28. The van der Waals surface area contributed by atoms with Crippen LogP contribution in [0.2, 0.25) is 0 Å². The third kappa shape index (κ3) is 7.47. The van der Waals surface area contributed by atoms with E-state index in [9.17, 15) is 23.1 Å². The molecule has 0 radical (unpaired) electrons. The van der Waals surface area contributed by atoms with E-state index >= 15 is 0 Å². The van der Waals surface area contributed by atoms with E-state index in [1.54, 1.807) is 32.9 Å². The van der Waals surface area contributed by atoms with Crippen LogP contribution < -0.4 is 14.8 Å². The number of likely N-dealkylation sites (N-methyl/N-ethyl adjacent to an activating group) is 1. The summed E-state index contributed by atoms with van der Waals surface area (Å²) in [5.74, 6) is -1.55. The highest BCUT2D eigenvalue weighted by Crippen LogP contribution is 2.29. The molecule has 0 bridgehead atoms. The molecule has 39 heavy (non-hydrogen) atoms. The minimum absolute atomic E-state index is 0.0292. The second-order valence-electron chi connectivity index (χ2n) is 9.73. The number of rotatable bonds is 11. The van der Waals surface area contributed by atoms with Gasteiger partial charge in [-0.3, -0.25) is 9.59 Å². The number of carbonyl (C=O) groups excluding carboxylic acids is 2. The smallest absolute Gasteiger partial charge is 0.327 e. The van der Waals surface area contributed by atoms with E-state index < -0.39 is 39.6 Å². The zero-order valence-electron chi connectivity index (χ0n) is 22.6. The van der Waals surface area contributed by atoms with E-state index in [4.69, 9.17) is 14.2 Å². The Morgan fingerprint density at radius 3 is 2.33 bits per heavy atom. The number of hydrogen-bond donors (Lipinski definition) is 3. The molecule has 0 aromatic heterocycles. The average Bonchev–Trinajstić information content (AvgIpc) is 2.88. The Morgan fingerprint density at radius 2 is 1.67 bits per heavy atom. The van der Waals surface area contributed by atoms with E-state index in [-0.39, 0.29) is 23.0 Å². The van der Waals surface area contributed by atoms with Gasteiger partial charge in [0.2, 0.25) is 10.0 Å². The van der Waals surface area contributed by atoms with Crippen molar-refractivity contribution in [2.75, 3.05) is 20.8 Å². The number of carbonyl (C=O) groups is 2. The summed E-state index contributed by atoms with van der Waals surface area (Å²) in [6.07, 6.45) is -1.19. The summed E-state index contributed by atoms with van der Waals surface area (Å²) in [5, 5.41) is 14.6. The first-order chi connectivity index (χ1) is 18.4. The summed E-state index contributed by atoms with van der Waals surface area (Å²) < 4.78 is 45.7. The van der Waals surface area contributed by atoms with Crippen molar-refractivity contribution in [1.29, 1.82) is 0 Å². The number of esters is 1. The Morgan fingerprint density at radius 1 is 1.00 bits per heavy atom. The van der Waals surface area contributed by atoms with Gasteiger partial charge in [-0.05, 0) is 49.7 Å². The van der Waals surface area contributed by atoms with Crippen molar-refractivity contribution in [3.8, 4) is 11.5 Å². The molecule has 0 spiro atoms. The fourth-order valence-corrected chi connectivity index (χ4v) is 5.34. The predicted molar refractivity (Wildman–Crippen MR) is 146 cm³/mol. The van der Waals surface area contributed by atoms with Gasteiger partial charge in [0, 0.05) is 26.1 Å². The second kappa shape index (κ2) is 12.5. The van der Waals surface area contributed by atoms with Crippen molar-refractivity contribution in [2.45, 2.75) is 49.8 Å². The minimum atomic E-state index is -4.41. The monoisotopic (exact) mass is 558 g/mol. The first-order valence-electron chi connectivity index (χ1n) is 12.3. The fourth-order valence-electron chi connectivity index (χ4n) is 4.01. The molecule has 2 atom stereocenters. The molecule has 0 saturated heterocycles. The van der Waals surface area contributed by atoms with Crippen LogP contribution in [0.15, 0.2) is 65.6 Å². The molecule has 2 unspecified atom stereocenters. The number of benzene rings is 3. The maximum Gasteiger partial charge on any atom is 0.327 e. The zero-order chi connectivity index (χ0) is 28.8. The number of para-hydroxylation sites is 1. The van der Waals surface area contributed by atoms with Gasteiger partial charge in [-0.1, -0.05) is 42.5 Å². The van der Waals surface area contributed by atoms with Crippen LogP contribution in [0.4, 0.5) is 0 Å². The van der Waals surface area contributed by atoms with Gasteiger partial charge in [0.15, 0.2) is 12.1 Å². The van der Waals surface area contributed by atoms with Gasteiger partial charge in [-0.25, -0.2) is 8.42 Å². The first kappa shape index (κ1) is 29.9. The van der Waals surface area contributed by atoms with Crippen molar-refractivity contribution >= 4 is 32.7 Å². The van der Waals surface area contributed by atoms with E-state index in [1.165, 1.54) is 32.4 Å². The molecule has 1 amide bonds. The van der Waals surface area contributed by atoms with E-state index in [2.05, 4.69) is 10.0 Å². The number of nitrogens with one attached hydrogen (secondary N) is 2. The van der Waals surface area contributed by atoms with Crippen molar-refractivity contribution in [2.24, 2.45) is 0 Å². The van der Waals surface area contributed by atoms with Gasteiger partial charge in [0.05, 0.1) is 6.61 Å². The molecule has 0 aliphatic rings. The topological polar surface area (TPSA) is 140 Å². The van der Waals surface area contributed by atoms with Crippen LogP contribution in [-0.4, -0.2) is 63.9 Å². The fraction of sp³-hybridized carbons (Fsp3) is 0.357. The molecule has 0 saturated carbocycles. The summed E-state index contributed by atoms with van der Waals surface area (Å²) in [4.78, 5) is 25.2. The van der Waals surface area contributed by atoms with Crippen molar-refractivity contribution in [1.82, 2.24) is 10.0 Å². The molecule has 0 heterocycles. The number of ether oxygens (including phenoxy) is 3. The van der Waals surface area contributed by atoms with Crippen LogP contribution >= 0.6 is 0 Å². The second-order valence-corrected chi connectivity index (χ2v) is 11.4. The van der Waals surface area contributed by atoms with E-state index in [0.29, 0.717) is 12.0 Å². The molecule has 210 valence electrons. The molecular weight excluding hydrogens is 524 g/mol. The summed E-state index contributed by atoms with van der Waals surface area (Å²) in [6, 6.07) is 15.2. The van der Waals surface area contributed by atoms with Crippen molar-refractivity contribution in [3.63, 3.8) is 0 Å². The molecule has 3 N–H and O–H groups in total. The van der Waals surface area contributed by atoms with E-state index in [1.807, 2.05) is 30.3 Å². The van der Waals surface area contributed by atoms with Crippen molar-refractivity contribution in [3.05, 3.63) is 66.2 Å². The summed E-state index contributed by atoms with van der Waals surface area (Å²) in [7, 11) is -1.89. The van der Waals surface area contributed by atoms with Crippen LogP contribution in [0.3, 0.4) is 0 Å². The quantitative estimate of drug-likeness (QED) is 0.305. The number of methoxy groups -OCH3 is 1. The Labute approximate surface area is 228 Å². The average molecular weight is 559 g/mol. The molecule has 0 aliphatic carbocycles. The Kier molecular flexibility index (Phi) is 9.54. The molecule has 3 aromatic carbocycles. The Hall–Kier alpha value is -3.67. The van der Waals surface area contributed by atoms with Crippen LogP contribution in [0.1, 0.15) is 26.3 Å². The van der Waals surface area contributed by atoms with Crippen LogP contribution in [0.25, 0.3) is 10.8 Å². The number of amides is 1. The molecule has 10 nitrogen and oxygen atoms in total. The summed E-state index contributed by atoms with van der Waals surface area (Å²) >= 11 is 0. The van der Waals surface area contributed by atoms with Gasteiger partial charge in [0.1, 0.15) is 22.0 Å². The number of phenols is 1. The highest BCUT2D eigenvalue weighted by atomic mass is 32.2. The third-order valence-electron chi connectivity index (χ3n) is 5.77. The van der Waals surface area contributed by atoms with Crippen molar-refractivity contribution < 1.29 is 37.3 Å². The van der Waals surface area contributed by atoms with Gasteiger partial charge >= 0.3 is 5.97 Å².